The number of hydrogen-bond acceptors (Lipinski definition) is 0. The maximum Gasteiger partial charge on any atom is 0 e. The number of aryl methyl sites for hydroxylation is 2. The van der Waals surface area contributed by atoms with E-state index in [9.17, 15) is 0 Å². The second-order valence-electron chi connectivity index (χ2n) is 2.08. The molecule has 0 nitrogen and oxygen atoms in total. The first kappa shape index (κ1) is 8.91. The monoisotopic (exact) mass is 301 g/mol. The van der Waals surface area contributed by atoms with Crippen molar-refractivity contribution in [1.29, 1.82) is 0 Å². The van der Waals surface area contributed by atoms with Crippen LogP contribution in [0, 0.1) is 13.8 Å². The third-order valence-corrected chi connectivity index (χ3v) is 1.43. The Morgan fingerprint density at radius 3 is 1.44 bits per heavy atom. The van der Waals surface area contributed by atoms with Crippen molar-refractivity contribution >= 4 is 0 Å². The zero-order valence-electron chi connectivity index (χ0n) is 5.63. The summed E-state index contributed by atoms with van der Waals surface area (Å²) >= 11 is 0. The molecule has 0 saturated carbocycles. The Balaban J connectivity index is 0.000000640. The summed E-state index contributed by atoms with van der Waals surface area (Å²) in [5, 5.41) is 0. The molecule has 0 radical (unpaired) electrons. The van der Waals surface area contributed by atoms with Crippen LogP contribution in [-0.2, 0) is 21.1 Å². The standard InChI is InChI=1S/C8H10.Pt/c1-7-5-3-4-6-8(7)2;/h3-6H,1-2H3;. The molecule has 9 heavy (non-hydrogen) atoms. The molecule has 52 valence electrons. The van der Waals surface area contributed by atoms with Crippen molar-refractivity contribution in [1.82, 2.24) is 0 Å². The Hall–Kier alpha value is -0.0917. The predicted octanol–water partition coefficient (Wildman–Crippen LogP) is 2.30. The summed E-state index contributed by atoms with van der Waals surface area (Å²) in [5.74, 6) is 0. The van der Waals surface area contributed by atoms with Gasteiger partial charge in [-0.3, -0.25) is 0 Å². The van der Waals surface area contributed by atoms with Crippen LogP contribution in [0.3, 0.4) is 0 Å². The molecule has 0 aliphatic rings. The Morgan fingerprint density at radius 2 is 1.22 bits per heavy atom. The second kappa shape index (κ2) is 3.84. The summed E-state index contributed by atoms with van der Waals surface area (Å²) in [7, 11) is 0. The van der Waals surface area contributed by atoms with Gasteiger partial charge in [0.25, 0.3) is 0 Å². The number of rotatable bonds is 0. The van der Waals surface area contributed by atoms with Gasteiger partial charge < -0.3 is 0 Å². The third kappa shape index (κ3) is 2.32. The minimum Gasteiger partial charge on any atom is -0.0620 e. The van der Waals surface area contributed by atoms with Crippen molar-refractivity contribution in [3.63, 3.8) is 0 Å². The van der Waals surface area contributed by atoms with Crippen molar-refractivity contribution in [2.75, 3.05) is 0 Å². The molecule has 1 rings (SSSR count). The Kier molecular flexibility index (Phi) is 3.81. The Labute approximate surface area is 70.5 Å². The van der Waals surface area contributed by atoms with Crippen LogP contribution in [0.1, 0.15) is 11.1 Å². The molecule has 0 atom stereocenters. The first-order chi connectivity index (χ1) is 3.80. The molecule has 0 fully saturated rings. The molecule has 0 bridgehead atoms. The summed E-state index contributed by atoms with van der Waals surface area (Å²) in [6.07, 6.45) is 0. The Bertz CT molecular complexity index is 161. The zero-order chi connectivity index (χ0) is 5.98. The van der Waals surface area contributed by atoms with Crippen LogP contribution in [0.25, 0.3) is 0 Å². The predicted molar refractivity (Wildman–Crippen MR) is 35.9 cm³/mol. The fraction of sp³-hybridized carbons (Fsp3) is 0.250. The molecule has 1 heteroatoms. The van der Waals surface area contributed by atoms with E-state index in [1.54, 1.807) is 0 Å². The van der Waals surface area contributed by atoms with Gasteiger partial charge in [0.1, 0.15) is 0 Å². The van der Waals surface area contributed by atoms with Crippen LogP contribution in [-0.4, -0.2) is 0 Å². The van der Waals surface area contributed by atoms with Gasteiger partial charge in [-0.05, 0) is 25.0 Å². The maximum absolute atomic E-state index is 2.12. The van der Waals surface area contributed by atoms with E-state index in [2.05, 4.69) is 38.1 Å². The third-order valence-electron chi connectivity index (χ3n) is 1.43. The zero-order valence-corrected chi connectivity index (χ0v) is 7.90. The smallest absolute Gasteiger partial charge is 0 e. The van der Waals surface area contributed by atoms with Crippen LogP contribution in [0.5, 0.6) is 0 Å². The van der Waals surface area contributed by atoms with Gasteiger partial charge in [0.15, 0.2) is 0 Å². The second-order valence-corrected chi connectivity index (χ2v) is 2.08. The van der Waals surface area contributed by atoms with Gasteiger partial charge in [0, 0.05) is 21.1 Å². The minimum absolute atomic E-state index is 0. The van der Waals surface area contributed by atoms with E-state index in [0.29, 0.717) is 0 Å². The minimum atomic E-state index is 0. The normalized spacial score (nSPS) is 8.22. The average Bonchev–Trinajstić information content (AvgIpc) is 1.77. The van der Waals surface area contributed by atoms with E-state index in [1.807, 2.05) is 0 Å². The molecular weight excluding hydrogens is 291 g/mol. The molecule has 1 aromatic carbocycles. The van der Waals surface area contributed by atoms with Crippen LogP contribution in [0.4, 0.5) is 0 Å². The fourth-order valence-corrected chi connectivity index (χ4v) is 0.663. The van der Waals surface area contributed by atoms with Crippen LogP contribution in [0.2, 0.25) is 0 Å². The molecule has 0 saturated heterocycles. The molecule has 0 aliphatic carbocycles. The molecule has 0 heterocycles. The largest absolute Gasteiger partial charge is 0.0620 e. The van der Waals surface area contributed by atoms with Crippen LogP contribution >= 0.6 is 0 Å². The molecule has 0 spiro atoms. The average molecular weight is 301 g/mol. The van der Waals surface area contributed by atoms with Crippen molar-refractivity contribution < 1.29 is 21.1 Å². The summed E-state index contributed by atoms with van der Waals surface area (Å²) in [4.78, 5) is 0. The molecule has 0 N–H and O–H groups in total. The van der Waals surface area contributed by atoms with E-state index in [-0.39, 0.29) is 21.1 Å². The van der Waals surface area contributed by atoms with Gasteiger partial charge in [-0.25, -0.2) is 0 Å². The summed E-state index contributed by atoms with van der Waals surface area (Å²) in [6, 6.07) is 8.36. The van der Waals surface area contributed by atoms with Crippen LogP contribution < -0.4 is 0 Å². The molecule has 1 aromatic rings. The summed E-state index contributed by atoms with van der Waals surface area (Å²) in [5.41, 5.74) is 2.74. The summed E-state index contributed by atoms with van der Waals surface area (Å²) < 4.78 is 0. The van der Waals surface area contributed by atoms with Gasteiger partial charge in [0.05, 0.1) is 0 Å². The van der Waals surface area contributed by atoms with E-state index in [1.165, 1.54) is 11.1 Å². The molecule has 0 amide bonds. The van der Waals surface area contributed by atoms with Gasteiger partial charge in [-0.1, -0.05) is 24.3 Å². The van der Waals surface area contributed by atoms with Gasteiger partial charge in [0.2, 0.25) is 0 Å². The number of benzene rings is 1. The molecular formula is C8H10Pt. The SMILES string of the molecule is Cc1ccccc1C.[Pt]. The Morgan fingerprint density at radius 1 is 0.889 bits per heavy atom. The molecule has 0 aromatic heterocycles. The molecule has 0 unspecified atom stereocenters. The number of hydrogen-bond donors (Lipinski definition) is 0. The first-order valence-corrected chi connectivity index (χ1v) is 2.83. The van der Waals surface area contributed by atoms with Crippen molar-refractivity contribution in [2.45, 2.75) is 13.8 Å². The van der Waals surface area contributed by atoms with E-state index >= 15 is 0 Å². The van der Waals surface area contributed by atoms with Crippen molar-refractivity contribution in [3.8, 4) is 0 Å². The fourth-order valence-electron chi connectivity index (χ4n) is 0.663. The first-order valence-electron chi connectivity index (χ1n) is 2.83. The summed E-state index contributed by atoms with van der Waals surface area (Å²) in [6.45, 7) is 4.24. The van der Waals surface area contributed by atoms with Crippen molar-refractivity contribution in [3.05, 3.63) is 35.4 Å². The van der Waals surface area contributed by atoms with Gasteiger partial charge in [-0.15, -0.1) is 0 Å². The van der Waals surface area contributed by atoms with Crippen LogP contribution in [0.15, 0.2) is 24.3 Å². The van der Waals surface area contributed by atoms with E-state index < -0.39 is 0 Å². The maximum atomic E-state index is 2.12. The van der Waals surface area contributed by atoms with Gasteiger partial charge >= 0.3 is 0 Å². The van der Waals surface area contributed by atoms with E-state index in [4.69, 9.17) is 0 Å². The van der Waals surface area contributed by atoms with Crippen molar-refractivity contribution in [2.24, 2.45) is 0 Å². The molecule has 0 aliphatic heterocycles. The van der Waals surface area contributed by atoms with Gasteiger partial charge in [-0.2, -0.15) is 0 Å². The quantitative estimate of drug-likeness (QED) is 0.690. The topological polar surface area (TPSA) is 0 Å². The van der Waals surface area contributed by atoms with E-state index in [0.717, 1.165) is 0 Å².